The van der Waals surface area contributed by atoms with Crippen LogP contribution in [0.5, 0.6) is 0 Å². The average Bonchev–Trinajstić information content (AvgIpc) is 3.34. The fourth-order valence-corrected chi connectivity index (χ4v) is 9.45. The monoisotopic (exact) mass is 676 g/mol. The first-order chi connectivity index (χ1) is 22.7. The van der Waals surface area contributed by atoms with Crippen LogP contribution < -0.4 is 0 Å². The molecule has 1 saturated carbocycles. The first kappa shape index (κ1) is 40.9. The van der Waals surface area contributed by atoms with E-state index in [4.69, 9.17) is 18.9 Å². The Labute approximate surface area is 291 Å². The molecule has 12 atom stereocenters. The number of ketones is 1. The highest BCUT2D eigenvalue weighted by Crippen LogP contribution is 2.59. The Kier molecular flexibility index (Phi) is 15.4. The summed E-state index contributed by atoms with van der Waals surface area (Å²) in [6.07, 6.45) is 12.1. The van der Waals surface area contributed by atoms with Crippen molar-refractivity contribution in [2.24, 2.45) is 40.4 Å². The van der Waals surface area contributed by atoms with Crippen molar-refractivity contribution in [3.63, 3.8) is 0 Å². The fraction of sp³-hybridized carbons (Fsp3) is 0.825. The van der Waals surface area contributed by atoms with Crippen LogP contribution in [0.2, 0.25) is 0 Å². The summed E-state index contributed by atoms with van der Waals surface area (Å²) in [4.78, 5) is 13.7. The van der Waals surface area contributed by atoms with Gasteiger partial charge >= 0.3 is 0 Å². The third-order valence-electron chi connectivity index (χ3n) is 12.7. The Morgan fingerprint density at radius 3 is 2.31 bits per heavy atom. The van der Waals surface area contributed by atoms with Crippen LogP contribution in [0.15, 0.2) is 35.1 Å². The van der Waals surface area contributed by atoms with Gasteiger partial charge in [0, 0.05) is 25.9 Å². The van der Waals surface area contributed by atoms with Gasteiger partial charge in [0.1, 0.15) is 5.78 Å². The highest BCUT2D eigenvalue weighted by molar-refractivity contribution is 5.80. The van der Waals surface area contributed by atoms with Crippen molar-refractivity contribution in [1.82, 2.24) is 0 Å². The van der Waals surface area contributed by atoms with Crippen LogP contribution >= 0.6 is 0 Å². The van der Waals surface area contributed by atoms with E-state index in [9.17, 15) is 20.1 Å². The maximum Gasteiger partial charge on any atom is 0.160 e. The molecule has 0 amide bonds. The minimum atomic E-state index is -0.953. The maximum atomic E-state index is 13.7. The van der Waals surface area contributed by atoms with Crippen LogP contribution in [0.3, 0.4) is 0 Å². The largest absolute Gasteiger partial charge is 0.501 e. The molecule has 0 spiro atoms. The van der Waals surface area contributed by atoms with E-state index in [1.165, 1.54) is 11.1 Å². The predicted octanol–water partition coefficient (Wildman–Crippen LogP) is 7.16. The molecule has 0 aromatic carbocycles. The Balaban J connectivity index is 1.85. The molecule has 0 aliphatic heterocycles. The topological polar surface area (TPSA) is 115 Å². The summed E-state index contributed by atoms with van der Waals surface area (Å²) in [5.41, 5.74) is 2.50. The zero-order valence-electron chi connectivity index (χ0n) is 31.7. The number of carbonyl (C=O) groups is 1. The molecule has 12 unspecified atom stereocenters. The van der Waals surface area contributed by atoms with Gasteiger partial charge in [0.2, 0.25) is 0 Å². The Hall–Kier alpha value is -1.55. The number of aliphatic hydroxyl groups excluding tert-OH is 3. The molecule has 3 rings (SSSR count). The van der Waals surface area contributed by atoms with Crippen LogP contribution in [-0.2, 0) is 23.7 Å². The lowest BCUT2D eigenvalue weighted by atomic mass is 9.58. The van der Waals surface area contributed by atoms with Crippen molar-refractivity contribution >= 4 is 5.78 Å². The Bertz CT molecular complexity index is 1120. The van der Waals surface area contributed by atoms with Gasteiger partial charge in [-0.15, -0.1) is 0 Å². The molecular formula is C40H68O8. The number of hydrogen-bond donors (Lipinski definition) is 3. The standard InChI is InChI=1S/C40H68O8/c1-11-39(7)32(19-26(3)47-37(22-33(44)24-42)48-27(4)23-41)13-12-30-18-25(2)40(8,17-16-36(30)39)38(29(6)43)28(5)31-20-34(45-9)14-15-35(21-31)46-10/h13-14,21,25-28,30,33,35-38,41-42,44H,11-12,15-20,22-24H2,1-10H3. The van der Waals surface area contributed by atoms with E-state index in [1.807, 2.05) is 6.92 Å². The van der Waals surface area contributed by atoms with Gasteiger partial charge in [-0.05, 0) is 106 Å². The quantitative estimate of drug-likeness (QED) is 0.110. The SMILES string of the molecule is CCC1(C)C(CC(C)OC(CC(O)CO)OC(C)CO)=CCC2CC(C)C(C)(C(C(C)=O)C(C)C3=CC(OC)CC=C(OC)C3)CCC21. The summed E-state index contributed by atoms with van der Waals surface area (Å²) in [7, 11) is 3.48. The van der Waals surface area contributed by atoms with E-state index in [1.54, 1.807) is 28.1 Å². The van der Waals surface area contributed by atoms with Gasteiger partial charge in [-0.3, -0.25) is 4.79 Å². The van der Waals surface area contributed by atoms with Crippen LogP contribution in [0.25, 0.3) is 0 Å². The molecule has 1 fully saturated rings. The lowest BCUT2D eigenvalue weighted by Gasteiger charge is -2.47. The van der Waals surface area contributed by atoms with Crippen LogP contribution in [-0.4, -0.2) is 79.2 Å². The molecule has 8 heteroatoms. The molecule has 0 aromatic rings. The summed E-state index contributed by atoms with van der Waals surface area (Å²) in [6, 6.07) is 0. The molecular weight excluding hydrogens is 608 g/mol. The number of ether oxygens (including phenoxy) is 4. The van der Waals surface area contributed by atoms with E-state index in [0.717, 1.165) is 50.7 Å². The second kappa shape index (κ2) is 18.1. The summed E-state index contributed by atoms with van der Waals surface area (Å²) in [5, 5.41) is 29.1. The van der Waals surface area contributed by atoms with Crippen molar-refractivity contribution in [3.05, 3.63) is 35.1 Å². The van der Waals surface area contributed by atoms with E-state index >= 15 is 0 Å². The Morgan fingerprint density at radius 1 is 1.04 bits per heavy atom. The minimum Gasteiger partial charge on any atom is -0.501 e. The summed E-state index contributed by atoms with van der Waals surface area (Å²) in [6.45, 7) is 16.8. The van der Waals surface area contributed by atoms with Crippen LogP contribution in [0.4, 0.5) is 0 Å². The highest BCUT2D eigenvalue weighted by Gasteiger charge is 2.52. The lowest BCUT2D eigenvalue weighted by molar-refractivity contribution is -0.207. The molecule has 276 valence electrons. The van der Waals surface area contributed by atoms with Crippen molar-refractivity contribution in [3.8, 4) is 0 Å². The van der Waals surface area contributed by atoms with Crippen molar-refractivity contribution in [2.45, 2.75) is 144 Å². The van der Waals surface area contributed by atoms with Gasteiger partial charge in [0.05, 0.1) is 50.5 Å². The molecule has 3 aliphatic carbocycles. The molecule has 48 heavy (non-hydrogen) atoms. The molecule has 0 heterocycles. The smallest absolute Gasteiger partial charge is 0.160 e. The number of hydrogen-bond acceptors (Lipinski definition) is 8. The van der Waals surface area contributed by atoms with E-state index in [2.05, 4.69) is 52.8 Å². The predicted molar refractivity (Wildman–Crippen MR) is 190 cm³/mol. The second-order valence-electron chi connectivity index (χ2n) is 15.7. The van der Waals surface area contributed by atoms with Crippen molar-refractivity contribution < 1.29 is 39.1 Å². The average molecular weight is 677 g/mol. The van der Waals surface area contributed by atoms with Crippen molar-refractivity contribution in [1.29, 1.82) is 0 Å². The number of methoxy groups -OCH3 is 2. The van der Waals surface area contributed by atoms with Gasteiger partial charge in [-0.25, -0.2) is 0 Å². The van der Waals surface area contributed by atoms with E-state index in [0.29, 0.717) is 24.2 Å². The third-order valence-corrected chi connectivity index (χ3v) is 12.7. The van der Waals surface area contributed by atoms with Gasteiger partial charge in [0.25, 0.3) is 0 Å². The molecule has 0 saturated heterocycles. The highest BCUT2D eigenvalue weighted by atomic mass is 16.7. The molecule has 3 N–H and O–H groups in total. The molecule has 0 radical (unpaired) electrons. The number of rotatable bonds is 17. The first-order valence-electron chi connectivity index (χ1n) is 18.5. The minimum absolute atomic E-state index is 0.00411. The normalized spacial score (nSPS) is 33.4. The summed E-state index contributed by atoms with van der Waals surface area (Å²) < 4.78 is 23.7. The molecule has 0 bridgehead atoms. The Morgan fingerprint density at radius 2 is 1.73 bits per heavy atom. The number of allylic oxidation sites excluding steroid dienone is 2. The number of Topliss-reactive ketones (excluding diaryl/α,β-unsaturated/α-hetero) is 1. The van der Waals surface area contributed by atoms with E-state index < -0.39 is 18.5 Å². The van der Waals surface area contributed by atoms with Gasteiger partial charge < -0.3 is 34.3 Å². The van der Waals surface area contributed by atoms with Crippen LogP contribution in [0.1, 0.15) is 113 Å². The fourth-order valence-electron chi connectivity index (χ4n) is 9.45. The zero-order valence-corrected chi connectivity index (χ0v) is 31.7. The summed E-state index contributed by atoms with van der Waals surface area (Å²) in [5.74, 6) is 2.61. The van der Waals surface area contributed by atoms with E-state index in [-0.39, 0.29) is 60.3 Å². The van der Waals surface area contributed by atoms with Crippen molar-refractivity contribution in [2.75, 3.05) is 27.4 Å². The first-order valence-corrected chi connectivity index (χ1v) is 18.5. The molecule has 8 nitrogen and oxygen atoms in total. The molecule has 0 aromatic heterocycles. The lowest BCUT2D eigenvalue weighted by Crippen LogP contribution is -2.42. The van der Waals surface area contributed by atoms with Gasteiger partial charge in [-0.2, -0.15) is 0 Å². The van der Waals surface area contributed by atoms with Gasteiger partial charge in [-0.1, -0.05) is 57.9 Å². The number of aliphatic hydroxyl groups is 3. The molecule has 3 aliphatic rings. The zero-order chi connectivity index (χ0) is 35.8. The number of carbonyl (C=O) groups excluding carboxylic acids is 1. The second-order valence-corrected chi connectivity index (χ2v) is 15.7. The maximum absolute atomic E-state index is 13.7. The number of fused-ring (bicyclic) bond motifs is 1. The van der Waals surface area contributed by atoms with Gasteiger partial charge in [0.15, 0.2) is 6.29 Å². The van der Waals surface area contributed by atoms with Crippen LogP contribution in [0, 0.1) is 40.4 Å². The third kappa shape index (κ3) is 9.61. The summed E-state index contributed by atoms with van der Waals surface area (Å²) >= 11 is 0.